The average molecular weight is 252 g/mol. The zero-order valence-corrected chi connectivity index (χ0v) is 11.3. The third-order valence-corrected chi connectivity index (χ3v) is 2.30. The van der Waals surface area contributed by atoms with Crippen LogP contribution in [0.4, 0.5) is 5.69 Å². The van der Waals surface area contributed by atoms with Gasteiger partial charge in [-0.3, -0.25) is 10.1 Å². The van der Waals surface area contributed by atoms with Gasteiger partial charge in [0.2, 0.25) is 0 Å². The van der Waals surface area contributed by atoms with Gasteiger partial charge in [0.1, 0.15) is 0 Å². The monoisotopic (exact) mass is 252 g/mol. The smallest absolute Gasteiger partial charge is 0.310 e. The van der Waals surface area contributed by atoms with Crippen molar-refractivity contribution in [3.63, 3.8) is 0 Å². The number of nitrogens with one attached hydrogen (secondary N) is 1. The summed E-state index contributed by atoms with van der Waals surface area (Å²) in [5, 5.41) is 14.2. The lowest BCUT2D eigenvalue weighted by Crippen LogP contribution is -2.21. The highest BCUT2D eigenvalue weighted by Gasteiger charge is 2.16. The van der Waals surface area contributed by atoms with E-state index in [4.69, 9.17) is 4.74 Å². The van der Waals surface area contributed by atoms with Crippen LogP contribution in [0, 0.1) is 10.1 Å². The zero-order valence-electron chi connectivity index (χ0n) is 11.3. The van der Waals surface area contributed by atoms with Crippen molar-refractivity contribution < 1.29 is 9.66 Å². The van der Waals surface area contributed by atoms with Crippen molar-refractivity contribution in [3.05, 3.63) is 33.9 Å². The van der Waals surface area contributed by atoms with Crippen LogP contribution in [0.5, 0.6) is 5.75 Å². The lowest BCUT2D eigenvalue weighted by Gasteiger charge is -2.12. The van der Waals surface area contributed by atoms with E-state index in [1.54, 1.807) is 12.1 Å². The summed E-state index contributed by atoms with van der Waals surface area (Å²) in [7, 11) is 0. The summed E-state index contributed by atoms with van der Waals surface area (Å²) in [6.45, 7) is 8.48. The summed E-state index contributed by atoms with van der Waals surface area (Å²) in [5.41, 5.74) is 0.988. The number of rotatable bonds is 6. The van der Waals surface area contributed by atoms with Crippen molar-refractivity contribution in [3.8, 4) is 5.75 Å². The Morgan fingerprint density at radius 2 is 2.00 bits per heavy atom. The fraction of sp³-hybridized carbons (Fsp3) is 0.538. The number of hydrogen-bond donors (Lipinski definition) is 1. The molecule has 0 aliphatic carbocycles. The van der Waals surface area contributed by atoms with Crippen LogP contribution in [-0.2, 0) is 6.54 Å². The fourth-order valence-corrected chi connectivity index (χ4v) is 1.49. The van der Waals surface area contributed by atoms with Gasteiger partial charge in [-0.2, -0.15) is 0 Å². The maximum atomic E-state index is 10.9. The maximum absolute atomic E-state index is 10.9. The average Bonchev–Trinajstić information content (AvgIpc) is 2.25. The molecule has 0 aliphatic rings. The largest absolute Gasteiger partial charge is 0.484 e. The first-order valence-corrected chi connectivity index (χ1v) is 6.07. The molecule has 1 aromatic carbocycles. The Balaban J connectivity index is 2.93. The van der Waals surface area contributed by atoms with Crippen LogP contribution in [0.2, 0.25) is 0 Å². The number of nitrogens with zero attached hydrogens (tertiary/aromatic N) is 1. The summed E-state index contributed by atoms with van der Waals surface area (Å²) in [6, 6.07) is 5.35. The van der Waals surface area contributed by atoms with E-state index < -0.39 is 4.92 Å². The van der Waals surface area contributed by atoms with E-state index in [1.165, 1.54) is 6.07 Å². The van der Waals surface area contributed by atoms with Crippen LogP contribution < -0.4 is 10.1 Å². The first-order chi connectivity index (χ1) is 8.40. The minimum absolute atomic E-state index is 0.0111. The number of nitro benzene ring substituents is 1. The Kier molecular flexibility index (Phi) is 5.09. The molecule has 0 heterocycles. The number of hydrogen-bond acceptors (Lipinski definition) is 4. The molecule has 5 heteroatoms. The van der Waals surface area contributed by atoms with Crippen molar-refractivity contribution in [1.29, 1.82) is 0 Å². The van der Waals surface area contributed by atoms with Gasteiger partial charge in [0.15, 0.2) is 5.75 Å². The van der Waals surface area contributed by atoms with Gasteiger partial charge in [-0.1, -0.05) is 19.9 Å². The van der Waals surface area contributed by atoms with Gasteiger partial charge in [-0.25, -0.2) is 0 Å². The van der Waals surface area contributed by atoms with E-state index in [0.717, 1.165) is 5.56 Å². The second-order valence-corrected chi connectivity index (χ2v) is 4.76. The van der Waals surface area contributed by atoms with Gasteiger partial charge < -0.3 is 10.1 Å². The van der Waals surface area contributed by atoms with Crippen molar-refractivity contribution >= 4 is 5.69 Å². The second-order valence-electron chi connectivity index (χ2n) is 4.76. The van der Waals surface area contributed by atoms with Gasteiger partial charge >= 0.3 is 5.69 Å². The van der Waals surface area contributed by atoms with Crippen LogP contribution in [0.3, 0.4) is 0 Å². The lowest BCUT2D eigenvalue weighted by molar-refractivity contribution is -0.386. The van der Waals surface area contributed by atoms with E-state index in [-0.39, 0.29) is 11.8 Å². The zero-order chi connectivity index (χ0) is 13.7. The predicted octanol–water partition coefficient (Wildman–Crippen LogP) is 2.88. The third kappa shape index (κ3) is 4.33. The fourth-order valence-electron chi connectivity index (χ4n) is 1.49. The Labute approximate surface area is 107 Å². The molecule has 0 aromatic heterocycles. The standard InChI is InChI=1S/C13H20N2O3/c1-9(2)14-8-11-5-6-12(15(16)17)13(7-11)18-10(3)4/h5-7,9-10,14H,8H2,1-4H3. The van der Waals surface area contributed by atoms with E-state index in [1.807, 2.05) is 13.8 Å². The normalized spacial score (nSPS) is 11.0. The van der Waals surface area contributed by atoms with E-state index >= 15 is 0 Å². The van der Waals surface area contributed by atoms with Crippen molar-refractivity contribution in [2.75, 3.05) is 0 Å². The molecule has 0 bridgehead atoms. The molecule has 5 nitrogen and oxygen atoms in total. The summed E-state index contributed by atoms with van der Waals surface area (Å²) in [4.78, 5) is 10.5. The van der Waals surface area contributed by atoms with Crippen LogP contribution in [0.1, 0.15) is 33.3 Å². The van der Waals surface area contributed by atoms with Crippen LogP contribution in [0.25, 0.3) is 0 Å². The molecule has 0 radical (unpaired) electrons. The SMILES string of the molecule is CC(C)NCc1ccc([N+](=O)[O-])c(OC(C)C)c1. The molecule has 0 aliphatic heterocycles. The quantitative estimate of drug-likeness (QED) is 0.624. The molecule has 0 amide bonds. The summed E-state index contributed by atoms with van der Waals surface area (Å²) >= 11 is 0. The van der Waals surface area contributed by atoms with Gasteiger partial charge in [0.05, 0.1) is 11.0 Å². The number of nitro groups is 1. The molecule has 1 aromatic rings. The molecule has 18 heavy (non-hydrogen) atoms. The molecule has 1 rings (SSSR count). The summed E-state index contributed by atoms with van der Waals surface area (Å²) < 4.78 is 5.48. The lowest BCUT2D eigenvalue weighted by atomic mass is 10.1. The van der Waals surface area contributed by atoms with E-state index in [0.29, 0.717) is 18.3 Å². The van der Waals surface area contributed by atoms with Gasteiger partial charge in [-0.15, -0.1) is 0 Å². The van der Waals surface area contributed by atoms with Crippen LogP contribution in [0.15, 0.2) is 18.2 Å². The maximum Gasteiger partial charge on any atom is 0.310 e. The molecule has 1 N–H and O–H groups in total. The topological polar surface area (TPSA) is 64.4 Å². The number of ether oxygens (including phenoxy) is 1. The molecule has 0 atom stereocenters. The number of benzene rings is 1. The summed E-state index contributed by atoms with van der Waals surface area (Å²) in [6.07, 6.45) is -0.0861. The van der Waals surface area contributed by atoms with Crippen LogP contribution >= 0.6 is 0 Å². The van der Waals surface area contributed by atoms with Gasteiger partial charge in [0.25, 0.3) is 0 Å². The molecule has 0 spiro atoms. The minimum Gasteiger partial charge on any atom is -0.484 e. The van der Waals surface area contributed by atoms with Crippen molar-refractivity contribution in [2.24, 2.45) is 0 Å². The van der Waals surface area contributed by atoms with E-state index in [2.05, 4.69) is 19.2 Å². The molecule has 0 saturated carbocycles. The molecule has 0 fully saturated rings. The highest BCUT2D eigenvalue weighted by atomic mass is 16.6. The van der Waals surface area contributed by atoms with Gasteiger partial charge in [-0.05, 0) is 25.5 Å². The molecule has 0 saturated heterocycles. The minimum atomic E-state index is -0.419. The first-order valence-electron chi connectivity index (χ1n) is 6.07. The molecular weight excluding hydrogens is 232 g/mol. The highest BCUT2D eigenvalue weighted by molar-refractivity contribution is 5.48. The highest BCUT2D eigenvalue weighted by Crippen LogP contribution is 2.28. The summed E-state index contributed by atoms with van der Waals surface area (Å²) in [5.74, 6) is 0.332. The van der Waals surface area contributed by atoms with Crippen LogP contribution in [-0.4, -0.2) is 17.1 Å². The van der Waals surface area contributed by atoms with Crippen molar-refractivity contribution in [1.82, 2.24) is 5.32 Å². The Hall–Kier alpha value is -1.62. The molecular formula is C13H20N2O3. The third-order valence-electron chi connectivity index (χ3n) is 2.30. The molecule has 0 unspecified atom stereocenters. The predicted molar refractivity (Wildman–Crippen MR) is 70.8 cm³/mol. The first kappa shape index (κ1) is 14.4. The Bertz CT molecular complexity index is 417. The Morgan fingerprint density at radius 1 is 1.33 bits per heavy atom. The molecule has 100 valence electrons. The van der Waals surface area contributed by atoms with Gasteiger partial charge in [0, 0.05) is 18.7 Å². The Morgan fingerprint density at radius 3 is 2.50 bits per heavy atom. The van der Waals surface area contributed by atoms with E-state index in [9.17, 15) is 10.1 Å². The van der Waals surface area contributed by atoms with Crippen molar-refractivity contribution in [2.45, 2.75) is 46.4 Å². The second kappa shape index (κ2) is 6.35.